The molecule has 0 radical (unpaired) electrons. The standard InChI is InChI=1S/C35H32N2O6/c1-43-27-14-8-13-23(31(27)38)28-22-15-16-24-29(34(41)36(32(24)39)18-20-9-4-2-5-10-20)25(22)17-26-30(28)35(42)37(33(26)40)19-21-11-6-3-7-12-21/h2-15,24-26,28-30,38H,16-19H2,1H3. The molecular formula is C35H32N2O6. The van der Waals surface area contributed by atoms with Gasteiger partial charge in [-0.3, -0.25) is 29.0 Å². The highest BCUT2D eigenvalue weighted by Crippen LogP contribution is 2.59. The number of hydrogen-bond donors (Lipinski definition) is 1. The first-order chi connectivity index (χ1) is 20.9. The zero-order valence-electron chi connectivity index (χ0n) is 23.8. The number of amides is 4. The minimum atomic E-state index is -0.735. The van der Waals surface area contributed by atoms with Gasteiger partial charge in [-0.1, -0.05) is 84.4 Å². The van der Waals surface area contributed by atoms with Crippen LogP contribution in [0.25, 0.3) is 0 Å². The molecule has 3 aromatic rings. The number of methoxy groups -OCH3 is 1. The van der Waals surface area contributed by atoms with Crippen LogP contribution in [-0.4, -0.2) is 45.6 Å². The van der Waals surface area contributed by atoms with Crippen LogP contribution in [0.15, 0.2) is 90.5 Å². The molecule has 2 heterocycles. The lowest BCUT2D eigenvalue weighted by Gasteiger charge is -2.44. The molecule has 7 rings (SSSR count). The van der Waals surface area contributed by atoms with Gasteiger partial charge in [0.2, 0.25) is 23.6 Å². The van der Waals surface area contributed by atoms with Crippen molar-refractivity contribution in [2.75, 3.05) is 7.11 Å². The molecule has 4 aliphatic rings. The van der Waals surface area contributed by atoms with E-state index in [2.05, 4.69) is 0 Å². The molecule has 43 heavy (non-hydrogen) atoms. The number of imide groups is 2. The summed E-state index contributed by atoms with van der Waals surface area (Å²) < 4.78 is 5.41. The van der Waals surface area contributed by atoms with E-state index in [1.807, 2.05) is 66.7 Å². The molecule has 2 aliphatic carbocycles. The second-order valence-corrected chi connectivity index (χ2v) is 11.9. The smallest absolute Gasteiger partial charge is 0.234 e. The molecule has 8 heteroatoms. The molecule has 0 aromatic heterocycles. The predicted molar refractivity (Wildman–Crippen MR) is 156 cm³/mol. The van der Waals surface area contributed by atoms with Gasteiger partial charge in [-0.2, -0.15) is 0 Å². The van der Waals surface area contributed by atoms with Crippen molar-refractivity contribution in [1.82, 2.24) is 9.80 Å². The Morgan fingerprint density at radius 3 is 1.88 bits per heavy atom. The average molecular weight is 577 g/mol. The van der Waals surface area contributed by atoms with E-state index >= 15 is 0 Å². The van der Waals surface area contributed by atoms with E-state index < -0.39 is 35.5 Å². The number of aromatic hydroxyl groups is 1. The molecule has 4 amide bonds. The third-order valence-electron chi connectivity index (χ3n) is 9.78. The normalized spacial score (nSPS) is 28.0. The molecule has 3 fully saturated rings. The third-order valence-corrected chi connectivity index (χ3v) is 9.78. The average Bonchev–Trinajstić information content (AvgIpc) is 3.41. The number of phenolic OH excluding ortho intramolecular Hbond substituents is 1. The Bertz CT molecular complexity index is 1650. The molecule has 1 saturated carbocycles. The zero-order valence-corrected chi connectivity index (χ0v) is 23.8. The number of hydrogen-bond acceptors (Lipinski definition) is 6. The first kappa shape index (κ1) is 27.1. The Hall–Kier alpha value is -4.72. The van der Waals surface area contributed by atoms with Gasteiger partial charge in [0, 0.05) is 11.5 Å². The van der Waals surface area contributed by atoms with Crippen molar-refractivity contribution in [3.63, 3.8) is 0 Å². The van der Waals surface area contributed by atoms with Gasteiger partial charge in [0.15, 0.2) is 11.5 Å². The fourth-order valence-corrected chi connectivity index (χ4v) is 7.87. The molecule has 6 atom stereocenters. The summed E-state index contributed by atoms with van der Waals surface area (Å²) in [6.07, 6.45) is 2.65. The SMILES string of the molecule is COc1cccc(C2C3=CCC4C(=O)N(Cc5ccccc5)C(=O)C4C3CC3C(=O)N(Cc4ccccc4)C(=O)C32)c1O. The van der Waals surface area contributed by atoms with Crippen LogP contribution in [0.3, 0.4) is 0 Å². The lowest BCUT2D eigenvalue weighted by Crippen LogP contribution is -2.43. The van der Waals surface area contributed by atoms with Gasteiger partial charge in [0.1, 0.15) is 0 Å². The lowest BCUT2D eigenvalue weighted by atomic mass is 9.57. The quantitative estimate of drug-likeness (QED) is 0.344. The number of fused-ring (bicyclic) bond motifs is 4. The zero-order chi connectivity index (χ0) is 29.8. The topological polar surface area (TPSA) is 104 Å². The van der Waals surface area contributed by atoms with Crippen molar-refractivity contribution < 1.29 is 29.0 Å². The van der Waals surface area contributed by atoms with E-state index in [0.717, 1.165) is 16.7 Å². The van der Waals surface area contributed by atoms with Gasteiger partial charge in [0.25, 0.3) is 0 Å². The fourth-order valence-electron chi connectivity index (χ4n) is 7.87. The summed E-state index contributed by atoms with van der Waals surface area (Å²) in [6.45, 7) is 0.350. The van der Waals surface area contributed by atoms with E-state index in [4.69, 9.17) is 4.74 Å². The maximum absolute atomic E-state index is 14.1. The van der Waals surface area contributed by atoms with Crippen LogP contribution in [0.1, 0.15) is 35.4 Å². The Kier molecular flexibility index (Phi) is 6.64. The fraction of sp³-hybridized carbons (Fsp3) is 0.314. The highest BCUT2D eigenvalue weighted by Gasteiger charge is 2.62. The van der Waals surface area contributed by atoms with Crippen molar-refractivity contribution in [1.29, 1.82) is 0 Å². The molecule has 0 spiro atoms. The highest BCUT2D eigenvalue weighted by molar-refractivity contribution is 6.08. The predicted octanol–water partition coefficient (Wildman–Crippen LogP) is 4.44. The van der Waals surface area contributed by atoms with Crippen LogP contribution < -0.4 is 4.74 Å². The number of carbonyl (C=O) groups is 4. The lowest BCUT2D eigenvalue weighted by molar-refractivity contribution is -0.142. The van der Waals surface area contributed by atoms with Crippen molar-refractivity contribution in [3.05, 3.63) is 107 Å². The van der Waals surface area contributed by atoms with Crippen LogP contribution in [-0.2, 0) is 32.3 Å². The number of nitrogens with zero attached hydrogens (tertiary/aromatic N) is 2. The van der Waals surface area contributed by atoms with Gasteiger partial charge in [-0.15, -0.1) is 0 Å². The minimum Gasteiger partial charge on any atom is -0.504 e. The van der Waals surface area contributed by atoms with Gasteiger partial charge in [-0.05, 0) is 36.0 Å². The van der Waals surface area contributed by atoms with E-state index in [0.29, 0.717) is 18.4 Å². The summed E-state index contributed by atoms with van der Waals surface area (Å²) in [4.78, 5) is 58.4. The Morgan fingerprint density at radius 1 is 0.698 bits per heavy atom. The number of allylic oxidation sites excluding steroid dienone is 2. The maximum Gasteiger partial charge on any atom is 0.234 e. The Labute approximate surface area is 249 Å². The minimum absolute atomic E-state index is 0.0845. The van der Waals surface area contributed by atoms with E-state index in [1.54, 1.807) is 18.2 Å². The molecular weight excluding hydrogens is 544 g/mol. The number of rotatable bonds is 6. The molecule has 2 saturated heterocycles. The largest absolute Gasteiger partial charge is 0.504 e. The van der Waals surface area contributed by atoms with Crippen LogP contribution in [0, 0.1) is 29.6 Å². The number of phenols is 1. The highest BCUT2D eigenvalue weighted by atomic mass is 16.5. The first-order valence-corrected chi connectivity index (χ1v) is 14.7. The van der Waals surface area contributed by atoms with Crippen LogP contribution in [0.4, 0.5) is 0 Å². The maximum atomic E-state index is 14.1. The molecule has 2 aliphatic heterocycles. The van der Waals surface area contributed by atoms with Gasteiger partial charge < -0.3 is 9.84 Å². The van der Waals surface area contributed by atoms with E-state index in [9.17, 15) is 24.3 Å². The number of para-hydroxylation sites is 1. The molecule has 0 bridgehead atoms. The third kappa shape index (κ3) is 4.27. The number of carbonyl (C=O) groups excluding carboxylic acids is 4. The van der Waals surface area contributed by atoms with Crippen LogP contribution >= 0.6 is 0 Å². The van der Waals surface area contributed by atoms with Gasteiger partial charge in [-0.25, -0.2) is 0 Å². The summed E-state index contributed by atoms with van der Waals surface area (Å²) in [7, 11) is 1.46. The monoisotopic (exact) mass is 576 g/mol. The Morgan fingerprint density at radius 2 is 1.28 bits per heavy atom. The summed E-state index contributed by atoms with van der Waals surface area (Å²) in [6, 6.07) is 24.0. The van der Waals surface area contributed by atoms with Crippen molar-refractivity contribution >= 4 is 23.6 Å². The van der Waals surface area contributed by atoms with Crippen LogP contribution in [0.2, 0.25) is 0 Å². The summed E-state index contributed by atoms with van der Waals surface area (Å²) in [5.74, 6) is -4.42. The summed E-state index contributed by atoms with van der Waals surface area (Å²) in [5.41, 5.74) is 3.04. The second kappa shape index (κ2) is 10.5. The first-order valence-electron chi connectivity index (χ1n) is 14.7. The molecule has 1 N–H and O–H groups in total. The van der Waals surface area contributed by atoms with E-state index in [-0.39, 0.29) is 48.2 Å². The molecule has 6 unspecified atom stereocenters. The van der Waals surface area contributed by atoms with Gasteiger partial charge in [0.05, 0.1) is 43.9 Å². The summed E-state index contributed by atoms with van der Waals surface area (Å²) in [5, 5.41) is 11.3. The second-order valence-electron chi connectivity index (χ2n) is 11.9. The van der Waals surface area contributed by atoms with Crippen molar-refractivity contribution in [3.8, 4) is 11.5 Å². The number of benzene rings is 3. The van der Waals surface area contributed by atoms with Crippen LogP contribution in [0.5, 0.6) is 11.5 Å². The molecule has 218 valence electrons. The number of ether oxygens (including phenoxy) is 1. The summed E-state index contributed by atoms with van der Waals surface area (Å²) >= 11 is 0. The van der Waals surface area contributed by atoms with Crippen molar-refractivity contribution in [2.45, 2.75) is 31.8 Å². The van der Waals surface area contributed by atoms with E-state index in [1.165, 1.54) is 16.9 Å². The molecule has 3 aromatic carbocycles. The van der Waals surface area contributed by atoms with Crippen molar-refractivity contribution in [2.24, 2.45) is 29.6 Å². The Balaban J connectivity index is 1.30. The number of likely N-dealkylation sites (tertiary alicyclic amines) is 2. The van der Waals surface area contributed by atoms with Gasteiger partial charge >= 0.3 is 0 Å². The molecule has 8 nitrogen and oxygen atoms in total.